The summed E-state index contributed by atoms with van der Waals surface area (Å²) in [4.78, 5) is 13.9. The van der Waals surface area contributed by atoms with Gasteiger partial charge in [0, 0.05) is 19.5 Å². The van der Waals surface area contributed by atoms with E-state index in [4.69, 9.17) is 4.74 Å². The summed E-state index contributed by atoms with van der Waals surface area (Å²) in [6, 6.07) is 10.1. The van der Waals surface area contributed by atoms with E-state index in [9.17, 15) is 4.79 Å². The van der Waals surface area contributed by atoms with Crippen LogP contribution in [0.3, 0.4) is 0 Å². The van der Waals surface area contributed by atoms with Gasteiger partial charge in [0.05, 0.1) is 13.2 Å². The number of hydrogen-bond acceptors (Lipinski definition) is 2. The van der Waals surface area contributed by atoms with Gasteiger partial charge in [-0.25, -0.2) is 0 Å². The van der Waals surface area contributed by atoms with Gasteiger partial charge in [0.2, 0.25) is 5.91 Å². The smallest absolute Gasteiger partial charge is 0.226 e. The first-order chi connectivity index (χ1) is 8.75. The van der Waals surface area contributed by atoms with Crippen LogP contribution in [-0.4, -0.2) is 37.1 Å². The molecule has 1 aliphatic heterocycles. The maximum absolute atomic E-state index is 12.0. The largest absolute Gasteiger partial charge is 0.378 e. The topological polar surface area (TPSA) is 29.5 Å². The van der Waals surface area contributed by atoms with Crippen LogP contribution < -0.4 is 0 Å². The van der Waals surface area contributed by atoms with Crippen molar-refractivity contribution in [1.29, 1.82) is 0 Å². The van der Waals surface area contributed by atoms with Gasteiger partial charge in [-0.2, -0.15) is 0 Å². The number of nitrogens with zero attached hydrogens (tertiary/aromatic N) is 1. The fraction of sp³-hybridized carbons (Fsp3) is 0.400. The van der Waals surface area contributed by atoms with Crippen molar-refractivity contribution in [1.82, 2.24) is 4.90 Å². The molecule has 18 heavy (non-hydrogen) atoms. The first-order valence-corrected chi connectivity index (χ1v) is 6.33. The van der Waals surface area contributed by atoms with Crippen molar-refractivity contribution in [2.75, 3.05) is 26.3 Å². The zero-order chi connectivity index (χ0) is 12.8. The van der Waals surface area contributed by atoms with E-state index in [0.29, 0.717) is 19.6 Å². The van der Waals surface area contributed by atoms with Crippen LogP contribution in [0.5, 0.6) is 0 Å². The van der Waals surface area contributed by atoms with Gasteiger partial charge in [0.25, 0.3) is 0 Å². The molecule has 1 heterocycles. The molecule has 1 aromatic carbocycles. The molecule has 0 saturated carbocycles. The Hall–Kier alpha value is -1.61. The van der Waals surface area contributed by atoms with E-state index in [1.165, 1.54) is 0 Å². The number of ether oxygens (including phenoxy) is 1. The monoisotopic (exact) mass is 245 g/mol. The quantitative estimate of drug-likeness (QED) is 0.818. The summed E-state index contributed by atoms with van der Waals surface area (Å²) in [6.07, 6.45) is 2.56. The lowest BCUT2D eigenvalue weighted by molar-refractivity contribution is -0.134. The molecule has 3 heteroatoms. The number of carbonyl (C=O) groups excluding carboxylic acids is 1. The first-order valence-electron chi connectivity index (χ1n) is 6.33. The summed E-state index contributed by atoms with van der Waals surface area (Å²) in [7, 11) is 0. The molecule has 0 N–H and O–H groups in total. The molecule has 0 atom stereocenters. The van der Waals surface area contributed by atoms with E-state index in [0.717, 1.165) is 24.2 Å². The van der Waals surface area contributed by atoms with E-state index >= 15 is 0 Å². The highest BCUT2D eigenvalue weighted by Crippen LogP contribution is 2.11. The van der Waals surface area contributed by atoms with Crippen molar-refractivity contribution in [2.45, 2.75) is 13.3 Å². The van der Waals surface area contributed by atoms with E-state index in [1.807, 2.05) is 42.2 Å². The Kier molecular flexibility index (Phi) is 4.53. The lowest BCUT2D eigenvalue weighted by atomic mass is 10.1. The van der Waals surface area contributed by atoms with Crippen molar-refractivity contribution >= 4 is 12.0 Å². The van der Waals surface area contributed by atoms with Crippen molar-refractivity contribution in [2.24, 2.45) is 0 Å². The number of rotatable bonds is 3. The molecule has 0 bridgehead atoms. The van der Waals surface area contributed by atoms with Crippen molar-refractivity contribution < 1.29 is 9.53 Å². The zero-order valence-corrected chi connectivity index (χ0v) is 10.8. The number of amides is 1. The molecule has 0 radical (unpaired) electrons. The summed E-state index contributed by atoms with van der Waals surface area (Å²) in [5.74, 6) is 0.197. The lowest BCUT2D eigenvalue weighted by Crippen LogP contribution is -2.40. The Morgan fingerprint density at radius 1 is 1.28 bits per heavy atom. The van der Waals surface area contributed by atoms with Crippen LogP contribution in [0.25, 0.3) is 6.08 Å². The minimum Gasteiger partial charge on any atom is -0.378 e. The highest BCUT2D eigenvalue weighted by molar-refractivity contribution is 5.80. The minimum absolute atomic E-state index is 0.197. The number of hydrogen-bond donors (Lipinski definition) is 0. The summed E-state index contributed by atoms with van der Waals surface area (Å²) in [5, 5.41) is 0. The van der Waals surface area contributed by atoms with Gasteiger partial charge in [0.15, 0.2) is 0 Å². The summed E-state index contributed by atoms with van der Waals surface area (Å²) in [5.41, 5.74) is 2.24. The normalized spacial score (nSPS) is 16.7. The van der Waals surface area contributed by atoms with Gasteiger partial charge in [-0.15, -0.1) is 0 Å². The van der Waals surface area contributed by atoms with Gasteiger partial charge < -0.3 is 9.64 Å². The standard InChI is InChI=1S/C15H19NO2/c1-13(11-14-5-3-2-4-6-14)12-15(17)16-7-9-18-10-8-16/h2-6,11H,7-10,12H2,1H3/b13-11-. The van der Waals surface area contributed by atoms with Crippen LogP contribution in [0.1, 0.15) is 18.9 Å². The number of carbonyl (C=O) groups is 1. The zero-order valence-electron chi connectivity index (χ0n) is 10.8. The van der Waals surface area contributed by atoms with Gasteiger partial charge in [-0.3, -0.25) is 4.79 Å². The molecule has 1 saturated heterocycles. The van der Waals surface area contributed by atoms with Crippen LogP contribution in [0.4, 0.5) is 0 Å². The maximum Gasteiger partial charge on any atom is 0.226 e. The third-order valence-corrected chi connectivity index (χ3v) is 3.01. The molecule has 1 aromatic rings. The molecule has 1 aliphatic rings. The van der Waals surface area contributed by atoms with Crippen molar-refractivity contribution in [3.8, 4) is 0 Å². The molecule has 96 valence electrons. The third kappa shape index (κ3) is 3.70. The Bertz CT molecular complexity index is 419. The average Bonchev–Trinajstić information content (AvgIpc) is 2.40. The molecule has 0 aromatic heterocycles. The van der Waals surface area contributed by atoms with Gasteiger partial charge >= 0.3 is 0 Å². The molecule has 0 aliphatic carbocycles. The Morgan fingerprint density at radius 2 is 1.94 bits per heavy atom. The minimum atomic E-state index is 0.197. The summed E-state index contributed by atoms with van der Waals surface area (Å²) in [6.45, 7) is 4.76. The molecule has 2 rings (SSSR count). The van der Waals surface area contributed by atoms with Gasteiger partial charge in [0.1, 0.15) is 0 Å². The van der Waals surface area contributed by atoms with Crippen molar-refractivity contribution in [3.05, 3.63) is 41.5 Å². The lowest BCUT2D eigenvalue weighted by Gasteiger charge is -2.27. The second kappa shape index (κ2) is 6.36. The van der Waals surface area contributed by atoms with Crippen LogP contribution in [0, 0.1) is 0 Å². The van der Waals surface area contributed by atoms with Crippen LogP contribution in [0.2, 0.25) is 0 Å². The summed E-state index contributed by atoms with van der Waals surface area (Å²) >= 11 is 0. The van der Waals surface area contributed by atoms with Crippen LogP contribution in [0.15, 0.2) is 35.9 Å². The Labute approximate surface area is 108 Å². The molecule has 0 spiro atoms. The average molecular weight is 245 g/mol. The van der Waals surface area contributed by atoms with E-state index in [-0.39, 0.29) is 5.91 Å². The highest BCUT2D eigenvalue weighted by Gasteiger charge is 2.16. The molecular weight excluding hydrogens is 226 g/mol. The van der Waals surface area contributed by atoms with E-state index in [1.54, 1.807) is 0 Å². The maximum atomic E-state index is 12.0. The Balaban J connectivity index is 1.92. The molecular formula is C15H19NO2. The molecule has 0 unspecified atom stereocenters. The molecule has 3 nitrogen and oxygen atoms in total. The van der Waals surface area contributed by atoms with E-state index in [2.05, 4.69) is 6.08 Å². The third-order valence-electron chi connectivity index (χ3n) is 3.01. The SMILES string of the molecule is C/C(=C/c1ccccc1)CC(=O)N1CCOCC1. The van der Waals surface area contributed by atoms with E-state index < -0.39 is 0 Å². The predicted octanol–water partition coefficient (Wildman–Crippen LogP) is 2.34. The second-order valence-electron chi connectivity index (χ2n) is 4.57. The van der Waals surface area contributed by atoms with Crippen molar-refractivity contribution in [3.63, 3.8) is 0 Å². The second-order valence-corrected chi connectivity index (χ2v) is 4.57. The van der Waals surface area contributed by atoms with Gasteiger partial charge in [-0.1, -0.05) is 42.0 Å². The Morgan fingerprint density at radius 3 is 2.61 bits per heavy atom. The fourth-order valence-electron chi connectivity index (χ4n) is 2.05. The predicted molar refractivity (Wildman–Crippen MR) is 72.1 cm³/mol. The van der Waals surface area contributed by atoms with Gasteiger partial charge in [-0.05, 0) is 12.5 Å². The highest BCUT2D eigenvalue weighted by atomic mass is 16.5. The first kappa shape index (κ1) is 12.8. The number of benzene rings is 1. The number of morpholine rings is 1. The molecule has 1 amide bonds. The van der Waals surface area contributed by atoms with Crippen LogP contribution in [-0.2, 0) is 9.53 Å². The van der Waals surface area contributed by atoms with Crippen LogP contribution >= 0.6 is 0 Å². The fourth-order valence-corrected chi connectivity index (χ4v) is 2.05. The molecule has 1 fully saturated rings. The summed E-state index contributed by atoms with van der Waals surface area (Å²) < 4.78 is 5.24.